The summed E-state index contributed by atoms with van der Waals surface area (Å²) in [5.74, 6) is -0.270. The zero-order valence-electron chi connectivity index (χ0n) is 5.85. The highest BCUT2D eigenvalue weighted by Crippen LogP contribution is 2.13. The second kappa shape index (κ2) is 3.83. The standard InChI is InChI=1S/C8H8BrFO/c9-4-7-2-1-6(5-11)3-8(7)10/h1-3,11H,4-5H2. The molecule has 0 saturated heterocycles. The van der Waals surface area contributed by atoms with E-state index in [0.29, 0.717) is 16.5 Å². The maximum absolute atomic E-state index is 12.9. The summed E-state index contributed by atoms with van der Waals surface area (Å²) in [5.41, 5.74) is 1.22. The van der Waals surface area contributed by atoms with Gasteiger partial charge in [0, 0.05) is 5.33 Å². The molecule has 0 aliphatic carbocycles. The Morgan fingerprint density at radius 2 is 2.18 bits per heavy atom. The van der Waals surface area contributed by atoms with Gasteiger partial charge < -0.3 is 5.11 Å². The smallest absolute Gasteiger partial charge is 0.127 e. The van der Waals surface area contributed by atoms with Crippen molar-refractivity contribution in [3.8, 4) is 0 Å². The van der Waals surface area contributed by atoms with E-state index < -0.39 is 0 Å². The van der Waals surface area contributed by atoms with Gasteiger partial charge in [0.2, 0.25) is 0 Å². The van der Waals surface area contributed by atoms with Crippen LogP contribution in [0.5, 0.6) is 0 Å². The van der Waals surface area contributed by atoms with Crippen molar-refractivity contribution < 1.29 is 9.50 Å². The summed E-state index contributed by atoms with van der Waals surface area (Å²) < 4.78 is 12.9. The summed E-state index contributed by atoms with van der Waals surface area (Å²) in [5, 5.41) is 9.15. The second-order valence-corrected chi connectivity index (χ2v) is 2.78. The van der Waals surface area contributed by atoms with Crippen molar-refractivity contribution in [1.29, 1.82) is 0 Å². The zero-order valence-corrected chi connectivity index (χ0v) is 7.44. The number of hydrogen-bond donors (Lipinski definition) is 1. The van der Waals surface area contributed by atoms with E-state index in [0.717, 1.165) is 0 Å². The molecule has 0 aliphatic heterocycles. The summed E-state index contributed by atoms with van der Waals surface area (Å²) in [6.07, 6.45) is 0. The molecule has 3 heteroatoms. The van der Waals surface area contributed by atoms with E-state index >= 15 is 0 Å². The Hall–Kier alpha value is -0.410. The summed E-state index contributed by atoms with van der Waals surface area (Å²) in [6, 6.07) is 4.71. The van der Waals surface area contributed by atoms with Gasteiger partial charge in [-0.2, -0.15) is 0 Å². The lowest BCUT2D eigenvalue weighted by Crippen LogP contribution is -1.89. The lowest BCUT2D eigenvalue weighted by molar-refractivity contribution is 0.281. The molecule has 0 heterocycles. The minimum absolute atomic E-state index is 0.112. The van der Waals surface area contributed by atoms with E-state index in [4.69, 9.17) is 5.11 Å². The van der Waals surface area contributed by atoms with Crippen LogP contribution in [0.15, 0.2) is 18.2 Å². The van der Waals surface area contributed by atoms with Crippen LogP contribution < -0.4 is 0 Å². The molecule has 0 radical (unpaired) electrons. The fraction of sp³-hybridized carbons (Fsp3) is 0.250. The van der Waals surface area contributed by atoms with Gasteiger partial charge in [-0.1, -0.05) is 28.1 Å². The summed E-state index contributed by atoms with van der Waals surface area (Å²) in [7, 11) is 0. The van der Waals surface area contributed by atoms with Gasteiger partial charge in [-0.25, -0.2) is 4.39 Å². The Bertz CT molecular complexity index is 250. The van der Waals surface area contributed by atoms with Crippen LogP contribution in [0, 0.1) is 5.82 Å². The van der Waals surface area contributed by atoms with Crippen molar-refractivity contribution >= 4 is 15.9 Å². The third kappa shape index (κ3) is 2.01. The minimum Gasteiger partial charge on any atom is -0.392 e. The fourth-order valence-electron chi connectivity index (χ4n) is 0.798. The lowest BCUT2D eigenvalue weighted by Gasteiger charge is -1.99. The van der Waals surface area contributed by atoms with Crippen LogP contribution in [0.1, 0.15) is 11.1 Å². The topological polar surface area (TPSA) is 20.2 Å². The minimum atomic E-state index is -0.270. The SMILES string of the molecule is OCc1ccc(CBr)c(F)c1. The predicted molar refractivity (Wildman–Crippen MR) is 45.0 cm³/mol. The van der Waals surface area contributed by atoms with Gasteiger partial charge in [0.05, 0.1) is 6.61 Å². The van der Waals surface area contributed by atoms with Crippen molar-refractivity contribution in [2.45, 2.75) is 11.9 Å². The summed E-state index contributed by atoms with van der Waals surface area (Å²) in [4.78, 5) is 0. The molecule has 0 saturated carbocycles. The monoisotopic (exact) mass is 218 g/mol. The van der Waals surface area contributed by atoms with Crippen molar-refractivity contribution in [3.63, 3.8) is 0 Å². The van der Waals surface area contributed by atoms with Gasteiger partial charge in [0.1, 0.15) is 5.82 Å². The van der Waals surface area contributed by atoms with Crippen molar-refractivity contribution in [2.75, 3.05) is 0 Å². The molecule has 1 aromatic rings. The third-order valence-corrected chi connectivity index (χ3v) is 2.05. The van der Waals surface area contributed by atoms with Crippen LogP contribution in [0.3, 0.4) is 0 Å². The van der Waals surface area contributed by atoms with Gasteiger partial charge in [-0.05, 0) is 17.2 Å². The molecule has 0 fully saturated rings. The van der Waals surface area contributed by atoms with Gasteiger partial charge in [-0.3, -0.25) is 0 Å². The average molecular weight is 219 g/mol. The second-order valence-electron chi connectivity index (χ2n) is 2.22. The third-order valence-electron chi connectivity index (χ3n) is 1.44. The van der Waals surface area contributed by atoms with Gasteiger partial charge in [0.15, 0.2) is 0 Å². The van der Waals surface area contributed by atoms with Crippen LogP contribution in [0.4, 0.5) is 4.39 Å². The van der Waals surface area contributed by atoms with E-state index in [-0.39, 0.29) is 12.4 Å². The van der Waals surface area contributed by atoms with Crippen LogP contribution in [-0.2, 0) is 11.9 Å². The maximum Gasteiger partial charge on any atom is 0.127 e. The first-order valence-electron chi connectivity index (χ1n) is 3.22. The number of aliphatic hydroxyl groups is 1. The van der Waals surface area contributed by atoms with Crippen molar-refractivity contribution in [3.05, 3.63) is 35.1 Å². The van der Waals surface area contributed by atoms with Crippen LogP contribution >= 0.6 is 15.9 Å². The number of hydrogen-bond acceptors (Lipinski definition) is 1. The van der Waals surface area contributed by atoms with Crippen LogP contribution in [0.25, 0.3) is 0 Å². The molecule has 0 aromatic heterocycles. The van der Waals surface area contributed by atoms with Crippen LogP contribution in [-0.4, -0.2) is 5.11 Å². The molecular weight excluding hydrogens is 211 g/mol. The Kier molecular flexibility index (Phi) is 3.02. The van der Waals surface area contributed by atoms with E-state index in [2.05, 4.69) is 15.9 Å². The molecule has 11 heavy (non-hydrogen) atoms. The highest BCUT2D eigenvalue weighted by molar-refractivity contribution is 9.08. The van der Waals surface area contributed by atoms with Gasteiger partial charge in [-0.15, -0.1) is 0 Å². The first-order chi connectivity index (χ1) is 5.27. The quantitative estimate of drug-likeness (QED) is 0.756. The number of alkyl halides is 1. The molecule has 0 aliphatic rings. The average Bonchev–Trinajstić information content (AvgIpc) is 2.04. The molecule has 1 aromatic carbocycles. The lowest BCUT2D eigenvalue weighted by atomic mass is 10.1. The zero-order chi connectivity index (χ0) is 8.27. The maximum atomic E-state index is 12.9. The predicted octanol–water partition coefficient (Wildman–Crippen LogP) is 2.21. The Balaban J connectivity index is 2.99. The first-order valence-corrected chi connectivity index (χ1v) is 4.34. The number of aliphatic hydroxyl groups excluding tert-OH is 1. The van der Waals surface area contributed by atoms with Crippen molar-refractivity contribution in [2.24, 2.45) is 0 Å². The Morgan fingerprint density at radius 1 is 1.45 bits per heavy atom. The Morgan fingerprint density at radius 3 is 2.64 bits per heavy atom. The van der Waals surface area contributed by atoms with Crippen LogP contribution in [0.2, 0.25) is 0 Å². The number of halogens is 2. The molecule has 0 unspecified atom stereocenters. The molecule has 60 valence electrons. The van der Waals surface area contributed by atoms with E-state index in [9.17, 15) is 4.39 Å². The molecule has 0 spiro atoms. The summed E-state index contributed by atoms with van der Waals surface area (Å²) >= 11 is 3.15. The first kappa shape index (κ1) is 8.68. The molecule has 1 rings (SSSR count). The van der Waals surface area contributed by atoms with Gasteiger partial charge in [0.25, 0.3) is 0 Å². The fourth-order valence-corrected chi connectivity index (χ4v) is 1.25. The van der Waals surface area contributed by atoms with Crippen molar-refractivity contribution in [1.82, 2.24) is 0 Å². The Labute approximate surface area is 73.0 Å². The van der Waals surface area contributed by atoms with E-state index in [1.54, 1.807) is 12.1 Å². The molecule has 0 bridgehead atoms. The number of rotatable bonds is 2. The molecular formula is C8H8BrFO. The van der Waals surface area contributed by atoms with E-state index in [1.807, 2.05) is 0 Å². The highest BCUT2D eigenvalue weighted by Gasteiger charge is 2.00. The van der Waals surface area contributed by atoms with Gasteiger partial charge >= 0.3 is 0 Å². The summed E-state index contributed by atoms with van der Waals surface area (Å²) in [6.45, 7) is -0.112. The normalized spacial score (nSPS) is 10.1. The molecule has 0 atom stereocenters. The highest BCUT2D eigenvalue weighted by atomic mass is 79.9. The van der Waals surface area contributed by atoms with E-state index in [1.165, 1.54) is 6.07 Å². The molecule has 1 N–H and O–H groups in total. The molecule has 1 nitrogen and oxygen atoms in total. The largest absolute Gasteiger partial charge is 0.392 e. The number of benzene rings is 1. The molecule has 0 amide bonds.